The van der Waals surface area contributed by atoms with Crippen molar-refractivity contribution in [3.05, 3.63) is 48.3 Å². The molecule has 3 aromatic rings. The summed E-state index contributed by atoms with van der Waals surface area (Å²) in [6.07, 6.45) is 5.91. The zero-order valence-electron chi connectivity index (χ0n) is 12.7. The molecular weight excluding hydrogens is 294 g/mol. The largest absolute Gasteiger partial charge is 0.380 e. The summed E-state index contributed by atoms with van der Waals surface area (Å²) in [5.41, 5.74) is 1.25. The van der Waals surface area contributed by atoms with Gasteiger partial charge in [0.25, 0.3) is 5.91 Å². The average Bonchev–Trinajstić information content (AvgIpc) is 3.30. The number of amides is 1. The minimum atomic E-state index is -0.109. The van der Waals surface area contributed by atoms with Crippen LogP contribution >= 0.6 is 0 Å². The number of ether oxygens (including phenoxy) is 1. The minimum absolute atomic E-state index is 0.0107. The molecule has 0 radical (unpaired) electrons. The van der Waals surface area contributed by atoms with Gasteiger partial charge < -0.3 is 19.6 Å². The number of aromatic amines is 2. The number of rotatable bonds is 3. The van der Waals surface area contributed by atoms with Crippen LogP contribution in [0.1, 0.15) is 28.8 Å². The first-order chi connectivity index (χ1) is 11.3. The predicted molar refractivity (Wildman–Crippen MR) is 83.9 cm³/mol. The van der Waals surface area contributed by atoms with E-state index in [4.69, 9.17) is 4.74 Å². The number of H-pyrrole nitrogens is 2. The van der Waals surface area contributed by atoms with E-state index in [1.165, 1.54) is 0 Å². The minimum Gasteiger partial charge on any atom is -0.380 e. The normalized spacial score (nSPS) is 21.2. The van der Waals surface area contributed by atoms with Crippen molar-refractivity contribution < 1.29 is 9.53 Å². The smallest absolute Gasteiger partial charge is 0.271 e. The molecule has 23 heavy (non-hydrogen) atoms. The van der Waals surface area contributed by atoms with E-state index in [9.17, 15) is 4.79 Å². The molecular formula is C16H17N5O2. The number of imidazole rings is 1. The fraction of sp³-hybridized carbons (Fsp3) is 0.312. The number of aromatic nitrogens is 4. The Kier molecular flexibility index (Phi) is 3.34. The summed E-state index contributed by atoms with van der Waals surface area (Å²) in [5, 5.41) is 0.924. The SMILES string of the molecule is CO[C@@H]1CC(c2ncc[nH]2)N(C(=O)c2cc3cccnc3[nH]2)C1. The van der Waals surface area contributed by atoms with Gasteiger partial charge in [-0.15, -0.1) is 0 Å². The maximum Gasteiger partial charge on any atom is 0.271 e. The first-order valence-corrected chi connectivity index (χ1v) is 7.53. The Morgan fingerprint density at radius 3 is 3.04 bits per heavy atom. The quantitative estimate of drug-likeness (QED) is 0.773. The van der Waals surface area contributed by atoms with Crippen LogP contribution in [0.15, 0.2) is 36.8 Å². The van der Waals surface area contributed by atoms with E-state index in [0.29, 0.717) is 17.9 Å². The summed E-state index contributed by atoms with van der Waals surface area (Å²) in [6.45, 7) is 0.545. The van der Waals surface area contributed by atoms with E-state index in [1.807, 2.05) is 18.2 Å². The van der Waals surface area contributed by atoms with Gasteiger partial charge in [-0.25, -0.2) is 9.97 Å². The average molecular weight is 311 g/mol. The van der Waals surface area contributed by atoms with Gasteiger partial charge in [0.05, 0.1) is 12.1 Å². The van der Waals surface area contributed by atoms with Crippen LogP contribution in [0, 0.1) is 0 Å². The number of hydrogen-bond donors (Lipinski definition) is 2. The van der Waals surface area contributed by atoms with Crippen molar-refractivity contribution in [2.75, 3.05) is 13.7 Å². The number of likely N-dealkylation sites (tertiary alicyclic amines) is 1. The van der Waals surface area contributed by atoms with Crippen LogP contribution in [0.3, 0.4) is 0 Å². The lowest BCUT2D eigenvalue weighted by molar-refractivity contribution is 0.0680. The van der Waals surface area contributed by atoms with Crippen molar-refractivity contribution in [3.63, 3.8) is 0 Å². The lowest BCUT2D eigenvalue weighted by Gasteiger charge is -2.22. The summed E-state index contributed by atoms with van der Waals surface area (Å²) in [5.74, 6) is 0.719. The topological polar surface area (TPSA) is 86.9 Å². The first kappa shape index (κ1) is 14.0. The third kappa shape index (κ3) is 2.39. The Hall–Kier alpha value is -2.67. The molecule has 0 saturated carbocycles. The van der Waals surface area contributed by atoms with Gasteiger partial charge in [-0.05, 0) is 18.2 Å². The Labute approximate surface area is 132 Å². The summed E-state index contributed by atoms with van der Waals surface area (Å²) in [7, 11) is 1.67. The highest BCUT2D eigenvalue weighted by Gasteiger charge is 2.38. The van der Waals surface area contributed by atoms with E-state index in [-0.39, 0.29) is 18.1 Å². The second-order valence-corrected chi connectivity index (χ2v) is 5.67. The molecule has 1 amide bonds. The molecule has 1 aliphatic heterocycles. The van der Waals surface area contributed by atoms with Crippen molar-refractivity contribution in [2.24, 2.45) is 0 Å². The number of carbonyl (C=O) groups excluding carboxylic acids is 1. The van der Waals surface area contributed by atoms with E-state index in [0.717, 1.165) is 17.6 Å². The van der Waals surface area contributed by atoms with Crippen molar-refractivity contribution in [1.82, 2.24) is 24.8 Å². The number of pyridine rings is 1. The third-order valence-electron chi connectivity index (χ3n) is 4.31. The molecule has 0 aromatic carbocycles. The highest BCUT2D eigenvalue weighted by molar-refractivity contribution is 5.97. The predicted octanol–water partition coefficient (Wildman–Crippen LogP) is 1.89. The molecule has 1 unspecified atom stereocenters. The zero-order valence-corrected chi connectivity index (χ0v) is 12.7. The van der Waals surface area contributed by atoms with Crippen molar-refractivity contribution in [3.8, 4) is 0 Å². The number of nitrogens with zero attached hydrogens (tertiary/aromatic N) is 3. The van der Waals surface area contributed by atoms with Crippen molar-refractivity contribution in [1.29, 1.82) is 0 Å². The number of carbonyl (C=O) groups is 1. The zero-order chi connectivity index (χ0) is 15.8. The fourth-order valence-corrected chi connectivity index (χ4v) is 3.14. The Morgan fingerprint density at radius 1 is 1.39 bits per heavy atom. The molecule has 0 bridgehead atoms. The molecule has 0 spiro atoms. The second kappa shape index (κ2) is 5.51. The second-order valence-electron chi connectivity index (χ2n) is 5.67. The molecule has 1 saturated heterocycles. The van der Waals surface area contributed by atoms with E-state index < -0.39 is 0 Å². The number of nitrogens with one attached hydrogen (secondary N) is 2. The molecule has 7 nitrogen and oxygen atoms in total. The molecule has 7 heteroatoms. The molecule has 0 aliphatic carbocycles. The molecule has 2 N–H and O–H groups in total. The standard InChI is InChI=1S/C16H17N5O2/c1-23-11-8-13(15-18-5-6-19-15)21(9-11)16(22)12-7-10-3-2-4-17-14(10)20-12/h2-7,11,13H,8-9H2,1H3,(H,17,20)(H,18,19)/t11-,13?/m1/s1. The van der Waals surface area contributed by atoms with Crippen molar-refractivity contribution >= 4 is 16.9 Å². The molecule has 118 valence electrons. The van der Waals surface area contributed by atoms with Gasteiger partial charge in [-0.3, -0.25) is 4.79 Å². The summed E-state index contributed by atoms with van der Waals surface area (Å²) >= 11 is 0. The maximum atomic E-state index is 13.0. The Bertz CT molecular complexity index is 793. The van der Waals surface area contributed by atoms with Crippen LogP contribution < -0.4 is 0 Å². The van der Waals surface area contributed by atoms with Crippen LogP contribution in [0.4, 0.5) is 0 Å². The van der Waals surface area contributed by atoms with Crippen LogP contribution in [0.25, 0.3) is 11.0 Å². The summed E-state index contributed by atoms with van der Waals surface area (Å²) in [6, 6.07) is 5.51. The molecule has 4 heterocycles. The molecule has 2 atom stereocenters. The van der Waals surface area contributed by atoms with Crippen LogP contribution in [0.2, 0.25) is 0 Å². The molecule has 1 aliphatic rings. The summed E-state index contributed by atoms with van der Waals surface area (Å²) < 4.78 is 5.46. The summed E-state index contributed by atoms with van der Waals surface area (Å²) in [4.78, 5) is 29.5. The van der Waals surface area contributed by atoms with Gasteiger partial charge in [0.15, 0.2) is 0 Å². The van der Waals surface area contributed by atoms with Crippen LogP contribution in [-0.2, 0) is 4.74 Å². The van der Waals surface area contributed by atoms with E-state index >= 15 is 0 Å². The number of fused-ring (bicyclic) bond motifs is 1. The third-order valence-corrected chi connectivity index (χ3v) is 4.31. The first-order valence-electron chi connectivity index (χ1n) is 7.53. The van der Waals surface area contributed by atoms with Crippen LogP contribution in [-0.4, -0.2) is 50.5 Å². The van der Waals surface area contributed by atoms with E-state index in [2.05, 4.69) is 19.9 Å². The van der Waals surface area contributed by atoms with Gasteiger partial charge in [0.2, 0.25) is 0 Å². The fourth-order valence-electron chi connectivity index (χ4n) is 3.14. The van der Waals surface area contributed by atoms with Gasteiger partial charge >= 0.3 is 0 Å². The van der Waals surface area contributed by atoms with E-state index in [1.54, 1.807) is 30.6 Å². The van der Waals surface area contributed by atoms with Gasteiger partial charge in [-0.1, -0.05) is 0 Å². The number of methoxy groups -OCH3 is 1. The highest BCUT2D eigenvalue weighted by atomic mass is 16.5. The highest BCUT2D eigenvalue weighted by Crippen LogP contribution is 2.32. The Balaban J connectivity index is 1.67. The van der Waals surface area contributed by atoms with Gasteiger partial charge in [0, 0.05) is 44.1 Å². The lowest BCUT2D eigenvalue weighted by Crippen LogP contribution is -2.32. The monoisotopic (exact) mass is 311 g/mol. The lowest BCUT2D eigenvalue weighted by atomic mass is 10.2. The van der Waals surface area contributed by atoms with Crippen LogP contribution in [0.5, 0.6) is 0 Å². The maximum absolute atomic E-state index is 13.0. The number of hydrogen-bond acceptors (Lipinski definition) is 4. The molecule has 1 fully saturated rings. The molecule has 4 rings (SSSR count). The van der Waals surface area contributed by atoms with Gasteiger partial charge in [-0.2, -0.15) is 0 Å². The van der Waals surface area contributed by atoms with Crippen molar-refractivity contribution in [2.45, 2.75) is 18.6 Å². The van der Waals surface area contributed by atoms with Gasteiger partial charge in [0.1, 0.15) is 17.2 Å². The Morgan fingerprint density at radius 2 is 2.30 bits per heavy atom. The molecule has 3 aromatic heterocycles.